The summed E-state index contributed by atoms with van der Waals surface area (Å²) < 4.78 is 0. The molecule has 1 aromatic heterocycles. The van der Waals surface area contributed by atoms with Crippen LogP contribution in [0.5, 0.6) is 0 Å². The van der Waals surface area contributed by atoms with E-state index in [0.29, 0.717) is 17.5 Å². The zero-order valence-electron chi connectivity index (χ0n) is 10.1. The maximum absolute atomic E-state index is 11.1. The van der Waals surface area contributed by atoms with Crippen LogP contribution in [-0.4, -0.2) is 35.2 Å². The number of aromatic nitrogens is 1. The van der Waals surface area contributed by atoms with E-state index in [1.165, 1.54) is 0 Å². The van der Waals surface area contributed by atoms with Crippen molar-refractivity contribution in [2.75, 3.05) is 18.0 Å². The fraction of sp³-hybridized carbons (Fsp3) is 0.538. The van der Waals surface area contributed by atoms with Crippen LogP contribution in [0.15, 0.2) is 18.3 Å². The maximum Gasteiger partial charge on any atom is 0.267 e. The Morgan fingerprint density at radius 1 is 1.44 bits per heavy atom. The summed E-state index contributed by atoms with van der Waals surface area (Å²) in [5, 5.41) is 9.89. The van der Waals surface area contributed by atoms with Crippen molar-refractivity contribution in [2.45, 2.75) is 18.9 Å². The minimum absolute atomic E-state index is 0.169. The van der Waals surface area contributed by atoms with Gasteiger partial charge < -0.3 is 15.7 Å². The van der Waals surface area contributed by atoms with Crippen LogP contribution < -0.4 is 10.6 Å². The number of aliphatic hydroxyl groups is 1. The number of pyridine rings is 1. The lowest BCUT2D eigenvalue weighted by atomic mass is 10.00. The Kier molecular flexibility index (Phi) is 2.70. The highest BCUT2D eigenvalue weighted by Gasteiger charge is 2.41. The highest BCUT2D eigenvalue weighted by atomic mass is 16.3. The molecule has 1 saturated heterocycles. The van der Waals surface area contributed by atoms with E-state index in [2.05, 4.69) is 9.88 Å². The van der Waals surface area contributed by atoms with Gasteiger partial charge in [-0.05, 0) is 30.9 Å². The molecule has 0 spiro atoms. The van der Waals surface area contributed by atoms with Gasteiger partial charge in [-0.2, -0.15) is 0 Å². The van der Waals surface area contributed by atoms with Crippen LogP contribution in [0.4, 0.5) is 5.69 Å². The van der Waals surface area contributed by atoms with Crippen LogP contribution in [0.25, 0.3) is 0 Å². The van der Waals surface area contributed by atoms with Crippen molar-refractivity contribution in [2.24, 2.45) is 17.6 Å². The van der Waals surface area contributed by atoms with Crippen molar-refractivity contribution >= 4 is 11.6 Å². The first-order valence-corrected chi connectivity index (χ1v) is 6.34. The summed E-state index contributed by atoms with van der Waals surface area (Å²) in [7, 11) is 0. The molecule has 1 saturated carbocycles. The number of nitrogens with zero attached hydrogens (tertiary/aromatic N) is 2. The van der Waals surface area contributed by atoms with Gasteiger partial charge in [0, 0.05) is 30.9 Å². The number of anilines is 1. The Hall–Kier alpha value is -1.62. The van der Waals surface area contributed by atoms with E-state index in [-0.39, 0.29) is 6.10 Å². The summed E-state index contributed by atoms with van der Waals surface area (Å²) in [6.45, 7) is 1.80. The van der Waals surface area contributed by atoms with Gasteiger partial charge in [0.25, 0.3) is 5.91 Å². The largest absolute Gasteiger partial charge is 0.393 e. The highest BCUT2D eigenvalue weighted by molar-refractivity contribution is 5.91. The first-order chi connectivity index (χ1) is 8.65. The van der Waals surface area contributed by atoms with Gasteiger partial charge in [0.1, 0.15) is 5.69 Å². The molecule has 1 aliphatic heterocycles. The van der Waals surface area contributed by atoms with E-state index in [9.17, 15) is 9.90 Å². The van der Waals surface area contributed by atoms with Crippen LogP contribution in [0.2, 0.25) is 0 Å². The number of aliphatic hydroxyl groups excluding tert-OH is 1. The SMILES string of the molecule is NC(=O)c1cc(N2CC3CCC(O)C3C2)ccn1. The Labute approximate surface area is 106 Å². The zero-order chi connectivity index (χ0) is 12.7. The molecule has 0 aromatic carbocycles. The number of fused-ring (bicyclic) bond motifs is 1. The molecule has 18 heavy (non-hydrogen) atoms. The van der Waals surface area contributed by atoms with Gasteiger partial charge in [0.15, 0.2) is 0 Å². The Morgan fingerprint density at radius 2 is 2.28 bits per heavy atom. The van der Waals surface area contributed by atoms with Gasteiger partial charge in [-0.25, -0.2) is 0 Å². The molecule has 0 bridgehead atoms. The summed E-state index contributed by atoms with van der Waals surface area (Å²) in [4.78, 5) is 17.3. The Bertz CT molecular complexity index is 477. The third-order valence-corrected chi connectivity index (χ3v) is 4.18. The number of nitrogens with two attached hydrogens (primary N) is 1. The monoisotopic (exact) mass is 247 g/mol. The van der Waals surface area contributed by atoms with E-state index >= 15 is 0 Å². The molecule has 1 aromatic rings. The predicted octanol–water partition coefficient (Wildman–Crippen LogP) is 0.388. The van der Waals surface area contributed by atoms with E-state index in [1.54, 1.807) is 12.3 Å². The van der Waals surface area contributed by atoms with Crippen LogP contribution in [0.3, 0.4) is 0 Å². The lowest BCUT2D eigenvalue weighted by molar-refractivity contribution is 0.0995. The number of carbonyl (C=O) groups excluding carboxylic acids is 1. The molecule has 2 aliphatic rings. The number of primary amides is 1. The van der Waals surface area contributed by atoms with Crippen molar-refractivity contribution in [1.29, 1.82) is 0 Å². The van der Waals surface area contributed by atoms with Crippen molar-refractivity contribution in [1.82, 2.24) is 4.98 Å². The van der Waals surface area contributed by atoms with Crippen LogP contribution in [0, 0.1) is 11.8 Å². The standard InChI is InChI=1S/C13H17N3O2/c14-13(18)11-5-9(3-4-15-11)16-6-8-1-2-12(17)10(8)7-16/h3-5,8,10,12,17H,1-2,6-7H2,(H2,14,18). The van der Waals surface area contributed by atoms with E-state index in [1.807, 2.05) is 6.07 Å². The van der Waals surface area contributed by atoms with Crippen LogP contribution >= 0.6 is 0 Å². The number of carbonyl (C=O) groups is 1. The Balaban J connectivity index is 1.80. The van der Waals surface area contributed by atoms with Gasteiger partial charge in [0.05, 0.1) is 6.10 Å². The smallest absolute Gasteiger partial charge is 0.267 e. The summed E-state index contributed by atoms with van der Waals surface area (Å²) >= 11 is 0. The molecule has 3 unspecified atom stereocenters. The molecule has 5 nitrogen and oxygen atoms in total. The first-order valence-electron chi connectivity index (χ1n) is 6.34. The molecule has 2 heterocycles. The molecule has 2 fully saturated rings. The first kappa shape index (κ1) is 11.5. The third-order valence-electron chi connectivity index (χ3n) is 4.18. The van der Waals surface area contributed by atoms with Crippen molar-refractivity contribution in [3.8, 4) is 0 Å². The highest BCUT2D eigenvalue weighted by Crippen LogP contribution is 2.39. The molecule has 3 rings (SSSR count). The summed E-state index contributed by atoms with van der Waals surface area (Å²) in [5.74, 6) is 0.441. The molecule has 3 atom stereocenters. The van der Waals surface area contributed by atoms with E-state index in [0.717, 1.165) is 31.6 Å². The molecule has 1 amide bonds. The molecule has 96 valence electrons. The predicted molar refractivity (Wildman–Crippen MR) is 67.2 cm³/mol. The topological polar surface area (TPSA) is 79.5 Å². The Morgan fingerprint density at radius 3 is 3.00 bits per heavy atom. The van der Waals surface area contributed by atoms with E-state index < -0.39 is 5.91 Å². The maximum atomic E-state index is 11.1. The molecule has 1 aliphatic carbocycles. The lowest BCUT2D eigenvalue weighted by Gasteiger charge is -2.20. The van der Waals surface area contributed by atoms with Gasteiger partial charge in [-0.1, -0.05) is 0 Å². The molecule has 5 heteroatoms. The molecular weight excluding hydrogens is 230 g/mol. The molecular formula is C13H17N3O2. The summed E-state index contributed by atoms with van der Waals surface area (Å²) in [6, 6.07) is 3.62. The van der Waals surface area contributed by atoms with Crippen molar-refractivity contribution in [3.05, 3.63) is 24.0 Å². The van der Waals surface area contributed by atoms with Crippen molar-refractivity contribution in [3.63, 3.8) is 0 Å². The summed E-state index contributed by atoms with van der Waals surface area (Å²) in [6.07, 6.45) is 3.46. The normalized spacial score (nSPS) is 30.5. The lowest BCUT2D eigenvalue weighted by Crippen LogP contribution is -2.25. The number of hydrogen-bond acceptors (Lipinski definition) is 4. The molecule has 0 radical (unpaired) electrons. The summed E-state index contributed by atoms with van der Waals surface area (Å²) in [5.41, 5.74) is 6.50. The fourth-order valence-corrected chi connectivity index (χ4v) is 3.20. The average molecular weight is 247 g/mol. The van der Waals surface area contributed by atoms with Crippen LogP contribution in [-0.2, 0) is 0 Å². The average Bonchev–Trinajstić information content (AvgIpc) is 2.92. The second kappa shape index (κ2) is 4.24. The number of amides is 1. The fourth-order valence-electron chi connectivity index (χ4n) is 3.20. The second-order valence-corrected chi connectivity index (χ2v) is 5.24. The van der Waals surface area contributed by atoms with E-state index in [4.69, 9.17) is 5.73 Å². The van der Waals surface area contributed by atoms with Gasteiger partial charge >= 0.3 is 0 Å². The molecule has 3 N–H and O–H groups in total. The van der Waals surface area contributed by atoms with Gasteiger partial charge in [-0.15, -0.1) is 0 Å². The zero-order valence-corrected chi connectivity index (χ0v) is 10.1. The quantitative estimate of drug-likeness (QED) is 0.792. The third kappa shape index (κ3) is 1.84. The van der Waals surface area contributed by atoms with Gasteiger partial charge in [-0.3, -0.25) is 9.78 Å². The van der Waals surface area contributed by atoms with Gasteiger partial charge in [0.2, 0.25) is 0 Å². The minimum atomic E-state index is -0.503. The van der Waals surface area contributed by atoms with Crippen LogP contribution in [0.1, 0.15) is 23.3 Å². The van der Waals surface area contributed by atoms with Crippen molar-refractivity contribution < 1.29 is 9.90 Å². The second-order valence-electron chi connectivity index (χ2n) is 5.24. The number of rotatable bonds is 2. The number of hydrogen-bond donors (Lipinski definition) is 2. The minimum Gasteiger partial charge on any atom is -0.393 e.